The van der Waals surface area contributed by atoms with Crippen molar-refractivity contribution < 1.29 is 17.9 Å². The van der Waals surface area contributed by atoms with Gasteiger partial charge in [-0.15, -0.1) is 5.10 Å². The van der Waals surface area contributed by atoms with Crippen LogP contribution >= 0.6 is 0 Å². The van der Waals surface area contributed by atoms with Crippen molar-refractivity contribution in [2.45, 2.75) is 81.0 Å². The average molecular weight is 541 g/mol. The lowest BCUT2D eigenvalue weighted by molar-refractivity contribution is 0.0792. The molecule has 0 unspecified atom stereocenters. The summed E-state index contributed by atoms with van der Waals surface area (Å²) in [5.41, 5.74) is 6.54. The zero-order valence-corrected chi connectivity index (χ0v) is 24.0. The van der Waals surface area contributed by atoms with Crippen LogP contribution in [0.2, 0.25) is 25.7 Å². The minimum atomic E-state index is -3.92. The first-order valence-corrected chi connectivity index (χ1v) is 18.2. The van der Waals surface area contributed by atoms with Gasteiger partial charge >= 0.3 is 0 Å². The third-order valence-electron chi connectivity index (χ3n) is 7.18. The Kier molecular flexibility index (Phi) is 7.17. The fraction of sp³-hybridized carbons (Fsp3) is 0.481. The molecule has 2 aromatic carbocycles. The molecule has 3 aromatic rings. The van der Waals surface area contributed by atoms with Gasteiger partial charge < -0.3 is 14.8 Å². The van der Waals surface area contributed by atoms with Crippen LogP contribution in [0, 0.1) is 0 Å². The number of sulfone groups is 1. The van der Waals surface area contributed by atoms with E-state index in [0.717, 1.165) is 50.3 Å². The van der Waals surface area contributed by atoms with Gasteiger partial charge in [-0.2, -0.15) is 4.98 Å². The molecule has 1 aromatic heterocycles. The number of anilines is 2. The summed E-state index contributed by atoms with van der Waals surface area (Å²) < 4.78 is 39.6. The maximum atomic E-state index is 13.4. The number of ether oxygens (including phenoxy) is 2. The number of hydrogen-bond acceptors (Lipinski definition) is 7. The minimum absolute atomic E-state index is 0.123. The quantitative estimate of drug-likeness (QED) is 0.281. The van der Waals surface area contributed by atoms with Crippen molar-refractivity contribution >= 4 is 29.5 Å². The Morgan fingerprint density at radius 1 is 1.00 bits per heavy atom. The fourth-order valence-electron chi connectivity index (χ4n) is 5.09. The molecule has 5 rings (SSSR count). The summed E-state index contributed by atoms with van der Waals surface area (Å²) >= 11 is 0. The third-order valence-corrected chi connectivity index (χ3v) is 10.4. The summed E-state index contributed by atoms with van der Waals surface area (Å²) in [6.07, 6.45) is 6.47. The number of aryl methyl sites for hydroxylation is 2. The van der Waals surface area contributed by atoms with Crippen LogP contribution in [0.15, 0.2) is 40.4 Å². The van der Waals surface area contributed by atoms with Gasteiger partial charge in [0.2, 0.25) is 15.8 Å². The summed E-state index contributed by atoms with van der Waals surface area (Å²) in [5, 5.41) is 7.72. The van der Waals surface area contributed by atoms with Gasteiger partial charge in [0.05, 0.1) is 12.0 Å². The number of nitrogens with one attached hydrogen (secondary N) is 1. The number of aromatic nitrogens is 3. The molecule has 2 aliphatic rings. The summed E-state index contributed by atoms with van der Waals surface area (Å²) in [5.74, 6) is 0.983. The first-order valence-electron chi connectivity index (χ1n) is 13.0. The van der Waals surface area contributed by atoms with Crippen LogP contribution in [-0.4, -0.2) is 45.0 Å². The Hall–Kier alpha value is -2.69. The van der Waals surface area contributed by atoms with Gasteiger partial charge in [-0.05, 0) is 91.1 Å². The van der Waals surface area contributed by atoms with E-state index in [-0.39, 0.29) is 16.8 Å². The summed E-state index contributed by atoms with van der Waals surface area (Å²) in [6, 6.07) is 9.67. The second kappa shape index (κ2) is 10.2. The molecule has 0 aliphatic heterocycles. The predicted molar refractivity (Wildman–Crippen MR) is 146 cm³/mol. The van der Waals surface area contributed by atoms with Crippen LogP contribution in [-0.2, 0) is 47.0 Å². The summed E-state index contributed by atoms with van der Waals surface area (Å²) in [4.78, 5) is 4.65. The van der Waals surface area contributed by atoms with Crippen LogP contribution in [0.1, 0.15) is 35.1 Å². The van der Waals surface area contributed by atoms with Crippen molar-refractivity contribution in [3.8, 4) is 5.75 Å². The van der Waals surface area contributed by atoms with Gasteiger partial charge in [0, 0.05) is 20.4 Å². The minimum Gasteiger partial charge on any atom is -0.497 e. The van der Waals surface area contributed by atoms with Crippen molar-refractivity contribution in [1.29, 1.82) is 0 Å². The smallest absolute Gasteiger partial charge is 0.273 e. The number of fused-ring (bicyclic) bond motifs is 2. The highest BCUT2D eigenvalue weighted by atomic mass is 32.2. The normalized spacial score (nSPS) is 15.0. The van der Waals surface area contributed by atoms with Gasteiger partial charge in [-0.3, -0.25) is 0 Å². The van der Waals surface area contributed by atoms with E-state index in [1.54, 1.807) is 23.9 Å². The SMILES string of the molecule is COc1ccc(S(=O)(=O)c2nc(Nc3c4c(cc5c3CCC5)CCC4)n(COCC[Si](C)(C)C)n2)cc1. The van der Waals surface area contributed by atoms with Gasteiger partial charge in [0.25, 0.3) is 5.16 Å². The monoisotopic (exact) mass is 540 g/mol. The maximum Gasteiger partial charge on any atom is 0.273 e. The van der Waals surface area contributed by atoms with E-state index >= 15 is 0 Å². The van der Waals surface area contributed by atoms with Gasteiger partial charge in [-0.25, -0.2) is 13.1 Å². The Balaban J connectivity index is 1.50. The number of nitrogens with zero attached hydrogens (tertiary/aromatic N) is 3. The standard InChI is InChI=1S/C27H36N4O4SSi/c1-34-21-11-13-22(14-12-21)36(32,33)27-29-26(31(30-27)18-35-15-16-37(2,3)4)28-25-23-9-5-7-19(23)17-20-8-6-10-24(20)25/h11-14,17H,5-10,15-16,18H2,1-4H3,(H,28,29,30). The number of methoxy groups -OCH3 is 1. The molecule has 0 atom stereocenters. The molecule has 0 fully saturated rings. The molecule has 0 saturated heterocycles. The van der Waals surface area contributed by atoms with Crippen molar-refractivity contribution in [1.82, 2.24) is 14.8 Å². The van der Waals surface area contributed by atoms with Crippen molar-refractivity contribution in [3.63, 3.8) is 0 Å². The second-order valence-corrected chi connectivity index (χ2v) is 18.6. The fourth-order valence-corrected chi connectivity index (χ4v) is 6.96. The first-order chi connectivity index (χ1) is 17.7. The van der Waals surface area contributed by atoms with Crippen LogP contribution < -0.4 is 10.1 Å². The van der Waals surface area contributed by atoms with E-state index in [1.807, 2.05) is 0 Å². The lowest BCUT2D eigenvalue weighted by Crippen LogP contribution is -2.22. The molecule has 0 spiro atoms. The average Bonchev–Trinajstić information content (AvgIpc) is 3.61. The highest BCUT2D eigenvalue weighted by molar-refractivity contribution is 7.91. The van der Waals surface area contributed by atoms with E-state index in [1.165, 1.54) is 34.4 Å². The van der Waals surface area contributed by atoms with Crippen molar-refractivity contribution in [2.75, 3.05) is 19.0 Å². The van der Waals surface area contributed by atoms with Gasteiger partial charge in [0.15, 0.2) is 0 Å². The number of hydrogen-bond donors (Lipinski definition) is 1. The molecule has 8 nitrogen and oxygen atoms in total. The lowest BCUT2D eigenvalue weighted by Gasteiger charge is -2.18. The van der Waals surface area contributed by atoms with Gasteiger partial charge in [-0.1, -0.05) is 25.7 Å². The topological polar surface area (TPSA) is 95.3 Å². The zero-order valence-electron chi connectivity index (χ0n) is 22.1. The summed E-state index contributed by atoms with van der Waals surface area (Å²) in [7, 11) is -3.64. The largest absolute Gasteiger partial charge is 0.497 e. The number of benzene rings is 2. The molecule has 2 aliphatic carbocycles. The molecular formula is C27H36N4O4SSi. The van der Waals surface area contributed by atoms with E-state index in [0.29, 0.717) is 18.3 Å². The Labute approximate surface area is 220 Å². The van der Waals surface area contributed by atoms with E-state index in [9.17, 15) is 8.42 Å². The summed E-state index contributed by atoms with van der Waals surface area (Å²) in [6.45, 7) is 7.64. The van der Waals surface area contributed by atoms with Crippen LogP contribution in [0.3, 0.4) is 0 Å². The van der Waals surface area contributed by atoms with Crippen molar-refractivity contribution in [3.05, 3.63) is 52.6 Å². The molecule has 1 heterocycles. The highest BCUT2D eigenvalue weighted by Crippen LogP contribution is 2.40. The van der Waals surface area contributed by atoms with Crippen LogP contribution in [0.5, 0.6) is 5.75 Å². The van der Waals surface area contributed by atoms with Crippen LogP contribution in [0.4, 0.5) is 11.6 Å². The van der Waals surface area contributed by atoms with E-state index in [4.69, 9.17) is 9.47 Å². The molecule has 198 valence electrons. The van der Waals surface area contributed by atoms with Crippen LogP contribution in [0.25, 0.3) is 0 Å². The second-order valence-electron chi connectivity index (χ2n) is 11.1. The maximum absolute atomic E-state index is 13.4. The van der Waals surface area contributed by atoms with Crippen molar-refractivity contribution in [2.24, 2.45) is 0 Å². The lowest BCUT2D eigenvalue weighted by atomic mass is 9.99. The Bertz CT molecular complexity index is 1360. The van der Waals surface area contributed by atoms with E-state index < -0.39 is 17.9 Å². The molecule has 0 amide bonds. The van der Waals surface area contributed by atoms with E-state index in [2.05, 4.69) is 41.1 Å². The first kappa shape index (κ1) is 25.9. The molecule has 0 saturated carbocycles. The predicted octanol–water partition coefficient (Wildman–Crippen LogP) is 5.15. The molecule has 1 N–H and O–H groups in total. The Morgan fingerprint density at radius 2 is 1.65 bits per heavy atom. The zero-order chi connectivity index (χ0) is 26.2. The Morgan fingerprint density at radius 3 is 2.24 bits per heavy atom. The molecule has 37 heavy (non-hydrogen) atoms. The molecule has 0 radical (unpaired) electrons. The van der Waals surface area contributed by atoms with Gasteiger partial charge in [0.1, 0.15) is 12.5 Å². The molecule has 0 bridgehead atoms. The third kappa shape index (κ3) is 5.46. The number of rotatable bonds is 10. The molecule has 10 heteroatoms. The molecular weight excluding hydrogens is 504 g/mol. The highest BCUT2D eigenvalue weighted by Gasteiger charge is 2.28.